The third kappa shape index (κ3) is 3.35. The Morgan fingerprint density at radius 1 is 1.26 bits per heavy atom. The summed E-state index contributed by atoms with van der Waals surface area (Å²) in [5, 5.41) is 10.6. The van der Waals surface area contributed by atoms with Crippen LogP contribution in [0.5, 0.6) is 0 Å². The van der Waals surface area contributed by atoms with Crippen LogP contribution in [0.1, 0.15) is 52.4 Å². The zero-order valence-corrected chi connectivity index (χ0v) is 16.0. The van der Waals surface area contributed by atoms with Crippen molar-refractivity contribution in [2.75, 3.05) is 0 Å². The van der Waals surface area contributed by atoms with Gasteiger partial charge in [-0.2, -0.15) is 0 Å². The molecule has 0 heterocycles. The van der Waals surface area contributed by atoms with E-state index in [1.807, 2.05) is 13.8 Å². The van der Waals surface area contributed by atoms with Crippen molar-refractivity contribution in [3.63, 3.8) is 0 Å². The Kier molecular flexibility index (Phi) is 5.97. The molecule has 1 aromatic rings. The Hall–Kier alpha value is -0.916. The van der Waals surface area contributed by atoms with Gasteiger partial charge in [-0.3, -0.25) is 0 Å². The van der Waals surface area contributed by atoms with E-state index in [0.29, 0.717) is 16.0 Å². The molecule has 0 aliphatic rings. The molecule has 0 bridgehead atoms. The van der Waals surface area contributed by atoms with E-state index in [4.69, 9.17) is 4.12 Å². The predicted octanol–water partition coefficient (Wildman–Crippen LogP) is 0.659. The van der Waals surface area contributed by atoms with Crippen LogP contribution in [0.15, 0.2) is 0 Å². The second-order valence-corrected chi connectivity index (χ2v) is 8.35. The maximum atomic E-state index is 11.7. The SMILES string of the molecule is CCCCc1c(C)c(C)c(C)c([SiH2]O[SiH3])c1C(=O)O. The smallest absolute Gasteiger partial charge is 0.335 e. The summed E-state index contributed by atoms with van der Waals surface area (Å²) in [6.45, 7) is 8.30. The molecule has 0 aliphatic carbocycles. The molecular weight excluding hydrogens is 272 g/mol. The van der Waals surface area contributed by atoms with Crippen LogP contribution in [0.2, 0.25) is 0 Å². The zero-order chi connectivity index (χ0) is 14.6. The number of carbonyl (C=O) groups is 1. The van der Waals surface area contributed by atoms with Crippen molar-refractivity contribution in [1.82, 2.24) is 0 Å². The summed E-state index contributed by atoms with van der Waals surface area (Å²) >= 11 is 0. The number of rotatable bonds is 6. The zero-order valence-electron chi connectivity index (χ0n) is 12.6. The molecule has 5 heteroatoms. The summed E-state index contributed by atoms with van der Waals surface area (Å²) in [6.07, 6.45) is 2.97. The van der Waals surface area contributed by atoms with Crippen molar-refractivity contribution in [3.8, 4) is 0 Å². The first-order chi connectivity index (χ1) is 8.95. The van der Waals surface area contributed by atoms with Gasteiger partial charge in [-0.05, 0) is 61.1 Å². The highest BCUT2D eigenvalue weighted by molar-refractivity contribution is 6.53. The minimum absolute atomic E-state index is 0.538. The van der Waals surface area contributed by atoms with Crippen molar-refractivity contribution in [2.24, 2.45) is 0 Å². The van der Waals surface area contributed by atoms with E-state index in [1.165, 1.54) is 5.56 Å². The average molecular weight is 297 g/mol. The van der Waals surface area contributed by atoms with Gasteiger partial charge < -0.3 is 9.22 Å². The van der Waals surface area contributed by atoms with Crippen LogP contribution in [0.25, 0.3) is 0 Å². The first-order valence-electron chi connectivity index (χ1n) is 6.79. The molecule has 0 amide bonds. The fourth-order valence-electron chi connectivity index (χ4n) is 2.54. The van der Waals surface area contributed by atoms with Crippen LogP contribution in [-0.4, -0.2) is 31.3 Å². The van der Waals surface area contributed by atoms with Gasteiger partial charge in [0.15, 0.2) is 9.76 Å². The lowest BCUT2D eigenvalue weighted by molar-refractivity contribution is 0.0697. The maximum Gasteiger partial charge on any atom is 0.335 e. The highest BCUT2D eigenvalue weighted by Gasteiger charge is 2.21. The molecule has 0 radical (unpaired) electrons. The monoisotopic (exact) mass is 296 g/mol. The lowest BCUT2D eigenvalue weighted by Crippen LogP contribution is -2.30. The standard InChI is InChI=1S/C14H24O3Si2/c1-5-6-7-11-9(3)8(2)10(4)13(19-17-18)12(11)14(15)16/h5-7,19H2,1-4,18H3,(H,15,16). The first kappa shape index (κ1) is 16.1. The van der Waals surface area contributed by atoms with Crippen LogP contribution < -0.4 is 5.19 Å². The predicted molar refractivity (Wildman–Crippen MR) is 85.4 cm³/mol. The summed E-state index contributed by atoms with van der Waals surface area (Å²) in [6, 6.07) is 0. The van der Waals surface area contributed by atoms with E-state index < -0.39 is 15.7 Å². The van der Waals surface area contributed by atoms with Gasteiger partial charge in [-0.25, -0.2) is 4.79 Å². The van der Waals surface area contributed by atoms with E-state index in [1.54, 1.807) is 0 Å². The van der Waals surface area contributed by atoms with Gasteiger partial charge in [0.25, 0.3) is 0 Å². The number of hydrogen-bond donors (Lipinski definition) is 1. The van der Waals surface area contributed by atoms with Gasteiger partial charge in [-0.15, -0.1) is 0 Å². The molecule has 0 unspecified atom stereocenters. The number of aromatic carboxylic acids is 1. The number of benzene rings is 1. The minimum atomic E-state index is -0.903. The molecule has 3 nitrogen and oxygen atoms in total. The van der Waals surface area contributed by atoms with Gasteiger partial charge in [0.1, 0.15) is 10.5 Å². The van der Waals surface area contributed by atoms with E-state index in [2.05, 4.69) is 13.8 Å². The maximum absolute atomic E-state index is 11.7. The third-order valence-corrected chi connectivity index (χ3v) is 6.24. The van der Waals surface area contributed by atoms with Crippen molar-refractivity contribution in [3.05, 3.63) is 27.8 Å². The Balaban J connectivity index is 3.53. The normalized spacial score (nSPS) is 11.6. The lowest BCUT2D eigenvalue weighted by atomic mass is 9.90. The summed E-state index contributed by atoms with van der Waals surface area (Å²) in [4.78, 5) is 11.7. The average Bonchev–Trinajstić information content (AvgIpc) is 2.37. The lowest BCUT2D eigenvalue weighted by Gasteiger charge is -2.20. The van der Waals surface area contributed by atoms with Crippen LogP contribution in [0.3, 0.4) is 0 Å². The summed E-state index contributed by atoms with van der Waals surface area (Å²) in [5.41, 5.74) is 5.07. The second kappa shape index (κ2) is 7.02. The highest BCUT2D eigenvalue weighted by atomic mass is 28.3. The quantitative estimate of drug-likeness (QED) is 0.785. The largest absolute Gasteiger partial charge is 0.478 e. The number of carboxylic acid groups (broad SMARTS) is 1. The van der Waals surface area contributed by atoms with Crippen molar-refractivity contribution in [2.45, 2.75) is 47.0 Å². The fourth-order valence-corrected chi connectivity index (χ4v) is 4.69. The van der Waals surface area contributed by atoms with Gasteiger partial charge >= 0.3 is 5.97 Å². The Morgan fingerprint density at radius 2 is 1.89 bits per heavy atom. The molecule has 1 N–H and O–H groups in total. The first-order valence-corrected chi connectivity index (χ1v) is 8.89. The van der Waals surface area contributed by atoms with E-state index in [9.17, 15) is 9.90 Å². The van der Waals surface area contributed by atoms with Crippen molar-refractivity contribution in [1.29, 1.82) is 0 Å². The third-order valence-electron chi connectivity index (χ3n) is 3.92. The van der Waals surface area contributed by atoms with Crippen LogP contribution in [-0.2, 0) is 10.5 Å². The topological polar surface area (TPSA) is 46.5 Å². The summed E-state index contributed by atoms with van der Waals surface area (Å²) in [7, 11) is -0.221. The second-order valence-electron chi connectivity index (χ2n) is 5.05. The number of unbranched alkanes of at least 4 members (excludes halogenated alkanes) is 1. The minimum Gasteiger partial charge on any atom is -0.478 e. The van der Waals surface area contributed by atoms with Crippen LogP contribution >= 0.6 is 0 Å². The molecule has 0 aliphatic heterocycles. The molecule has 0 aromatic heterocycles. The Labute approximate surface area is 120 Å². The number of hydrogen-bond acceptors (Lipinski definition) is 2. The van der Waals surface area contributed by atoms with Crippen LogP contribution in [0, 0.1) is 20.8 Å². The molecule has 19 heavy (non-hydrogen) atoms. The van der Waals surface area contributed by atoms with Gasteiger partial charge in [0, 0.05) is 0 Å². The highest BCUT2D eigenvalue weighted by Crippen LogP contribution is 2.22. The molecule has 106 valence electrons. The molecule has 0 atom stereocenters. The molecule has 0 fully saturated rings. The molecule has 1 rings (SSSR count). The molecular formula is C14H24O3Si2. The van der Waals surface area contributed by atoms with E-state index in [-0.39, 0.29) is 0 Å². The van der Waals surface area contributed by atoms with Gasteiger partial charge in [0.05, 0.1) is 5.56 Å². The number of carboxylic acids is 1. The van der Waals surface area contributed by atoms with Gasteiger partial charge in [0.2, 0.25) is 0 Å². The summed E-state index contributed by atoms with van der Waals surface area (Å²) < 4.78 is 5.47. The molecule has 1 aromatic carbocycles. The molecule has 0 saturated heterocycles. The van der Waals surface area contributed by atoms with E-state index in [0.717, 1.165) is 41.1 Å². The molecule has 0 spiro atoms. The Morgan fingerprint density at radius 3 is 2.37 bits per heavy atom. The van der Waals surface area contributed by atoms with Crippen molar-refractivity contribution < 1.29 is 14.0 Å². The van der Waals surface area contributed by atoms with E-state index >= 15 is 0 Å². The van der Waals surface area contributed by atoms with Crippen LogP contribution in [0.4, 0.5) is 0 Å². The summed E-state index contributed by atoms with van der Waals surface area (Å²) in [5.74, 6) is -0.793. The van der Waals surface area contributed by atoms with Gasteiger partial charge in [-0.1, -0.05) is 13.3 Å². The Bertz CT molecular complexity index is 484. The fraction of sp³-hybridized carbons (Fsp3) is 0.500. The van der Waals surface area contributed by atoms with Crippen molar-refractivity contribution >= 4 is 31.4 Å². The molecule has 0 saturated carbocycles.